The number of aliphatic hydroxyl groups is 7. The van der Waals surface area contributed by atoms with E-state index in [1.807, 2.05) is 0 Å². The van der Waals surface area contributed by atoms with E-state index in [-0.39, 0.29) is 13.2 Å². The number of fused-ring (bicyclic) bond motifs is 4. The van der Waals surface area contributed by atoms with Crippen molar-refractivity contribution < 1.29 is 105 Å². The topological polar surface area (TPSA) is 307 Å². The van der Waals surface area contributed by atoms with Gasteiger partial charge in [-0.25, -0.2) is 4.18 Å². The van der Waals surface area contributed by atoms with E-state index >= 15 is 0 Å². The van der Waals surface area contributed by atoms with Crippen molar-refractivity contribution in [1.29, 1.82) is 0 Å². The first-order valence-electron chi connectivity index (χ1n) is 15.4. The molecular weight excluding hydrogens is 696 g/mol. The third-order valence-electron chi connectivity index (χ3n) is 9.40. The standard InChI is InChI=1S/C26H42O22S/c1-37-21-18-12(30)9(5-39-18)43-25(21)47-19-14(32)24(42-8(4-28)16(19)48-49(34,35)36)45-15-10-6-40-20(15)22(38-2)26(44-10)46-17-11(29)7(3-27)41-23(33)13(17)31/h7-33H,3-6H2,1-2H3,(H,34,35,36). The van der Waals surface area contributed by atoms with Gasteiger partial charge in [0.25, 0.3) is 0 Å². The van der Waals surface area contributed by atoms with Crippen LogP contribution in [-0.4, -0.2) is 212 Å². The second-order valence-corrected chi connectivity index (χ2v) is 13.4. The van der Waals surface area contributed by atoms with Crippen LogP contribution in [0.3, 0.4) is 0 Å². The zero-order valence-corrected chi connectivity index (χ0v) is 26.9. The molecule has 0 aromatic heterocycles. The summed E-state index contributed by atoms with van der Waals surface area (Å²) < 4.78 is 101. The number of aliphatic hydroxyl groups excluding tert-OH is 7. The molecule has 0 spiro atoms. The van der Waals surface area contributed by atoms with E-state index in [4.69, 9.17) is 56.3 Å². The fraction of sp³-hybridized carbons (Fsp3) is 1.00. The Morgan fingerprint density at radius 2 is 1.16 bits per heavy atom. The van der Waals surface area contributed by atoms with Crippen LogP contribution < -0.4 is 0 Å². The van der Waals surface area contributed by atoms with E-state index in [1.165, 1.54) is 14.2 Å². The molecule has 23 heteroatoms. The lowest BCUT2D eigenvalue weighted by molar-refractivity contribution is -0.372. The number of hydrogen-bond donors (Lipinski definition) is 8. The zero-order valence-electron chi connectivity index (χ0n) is 26.1. The molecule has 22 nitrogen and oxygen atoms in total. The fourth-order valence-corrected chi connectivity index (χ4v) is 7.49. The molecule has 6 aliphatic heterocycles. The summed E-state index contributed by atoms with van der Waals surface area (Å²) in [5.74, 6) is 0. The Kier molecular flexibility index (Phi) is 11.8. The van der Waals surface area contributed by atoms with Gasteiger partial charge in [-0.2, -0.15) is 8.42 Å². The lowest BCUT2D eigenvalue weighted by Crippen LogP contribution is -2.66. The van der Waals surface area contributed by atoms with Gasteiger partial charge in [0.1, 0.15) is 97.7 Å². The monoisotopic (exact) mass is 738 g/mol. The lowest BCUT2D eigenvalue weighted by Gasteiger charge is -2.48. The molecule has 284 valence electrons. The highest BCUT2D eigenvalue weighted by Gasteiger charge is 2.60. The molecule has 20 unspecified atom stereocenters. The maximum absolute atomic E-state index is 11.8. The van der Waals surface area contributed by atoms with Crippen molar-refractivity contribution in [3.63, 3.8) is 0 Å². The second kappa shape index (κ2) is 15.2. The maximum Gasteiger partial charge on any atom is 0.397 e. The highest BCUT2D eigenvalue weighted by atomic mass is 32.3. The molecule has 0 aliphatic carbocycles. The minimum atomic E-state index is -5.20. The van der Waals surface area contributed by atoms with Crippen LogP contribution in [0, 0.1) is 0 Å². The minimum absolute atomic E-state index is 0.0112. The fourth-order valence-electron chi connectivity index (χ4n) is 6.97. The van der Waals surface area contributed by atoms with Gasteiger partial charge in [0, 0.05) is 14.2 Å². The van der Waals surface area contributed by atoms with E-state index in [0.717, 1.165) is 0 Å². The number of hydrogen-bond acceptors (Lipinski definition) is 21. The van der Waals surface area contributed by atoms with Gasteiger partial charge in [-0.3, -0.25) is 4.55 Å². The highest BCUT2D eigenvalue weighted by Crippen LogP contribution is 2.40. The normalized spacial score (nSPS) is 51.6. The molecule has 6 aliphatic rings. The van der Waals surface area contributed by atoms with E-state index in [2.05, 4.69) is 0 Å². The molecule has 6 heterocycles. The molecule has 20 atom stereocenters. The first kappa shape index (κ1) is 37.9. The Balaban J connectivity index is 1.20. The van der Waals surface area contributed by atoms with E-state index < -0.39 is 146 Å². The quantitative estimate of drug-likeness (QED) is 0.0863. The molecule has 4 bridgehead atoms. The van der Waals surface area contributed by atoms with Crippen LogP contribution in [0.1, 0.15) is 0 Å². The first-order chi connectivity index (χ1) is 23.3. The van der Waals surface area contributed by atoms with Gasteiger partial charge in [0.2, 0.25) is 0 Å². The summed E-state index contributed by atoms with van der Waals surface area (Å²) in [5, 5.41) is 72.7. The molecule has 0 saturated carbocycles. The molecule has 49 heavy (non-hydrogen) atoms. The minimum Gasteiger partial charge on any atom is -0.394 e. The van der Waals surface area contributed by atoms with Gasteiger partial charge in [0.15, 0.2) is 25.2 Å². The average Bonchev–Trinajstić information content (AvgIpc) is 3.47. The largest absolute Gasteiger partial charge is 0.397 e. The van der Waals surface area contributed by atoms with Crippen LogP contribution in [0.2, 0.25) is 0 Å². The van der Waals surface area contributed by atoms with Crippen molar-refractivity contribution in [2.75, 3.05) is 40.6 Å². The van der Waals surface area contributed by atoms with Crippen LogP contribution in [0.4, 0.5) is 0 Å². The predicted octanol–water partition coefficient (Wildman–Crippen LogP) is -6.52. The number of methoxy groups -OCH3 is 2. The van der Waals surface area contributed by atoms with Gasteiger partial charge < -0.3 is 87.9 Å². The molecule has 0 aromatic carbocycles. The molecule has 6 fully saturated rings. The zero-order chi connectivity index (χ0) is 35.4. The Morgan fingerprint density at radius 1 is 0.592 bits per heavy atom. The Morgan fingerprint density at radius 3 is 1.80 bits per heavy atom. The van der Waals surface area contributed by atoms with Gasteiger partial charge in [-0.1, -0.05) is 0 Å². The summed E-state index contributed by atoms with van der Waals surface area (Å²) in [5.41, 5.74) is 0. The predicted molar refractivity (Wildman–Crippen MR) is 147 cm³/mol. The van der Waals surface area contributed by atoms with Gasteiger partial charge >= 0.3 is 10.4 Å². The van der Waals surface area contributed by atoms with Crippen molar-refractivity contribution in [3.05, 3.63) is 0 Å². The van der Waals surface area contributed by atoms with Gasteiger partial charge in [-0.05, 0) is 0 Å². The SMILES string of the molecule is COC1C(OC2C(O)C(OC3C4COC3C(OC)C(OC3C(O)C(O)OC(CO)C3O)O4)OC(CO)C2OS(=O)(=O)O)OC2COC1C2O. The van der Waals surface area contributed by atoms with E-state index in [1.54, 1.807) is 0 Å². The summed E-state index contributed by atoms with van der Waals surface area (Å²) in [7, 11) is -2.64. The third kappa shape index (κ3) is 7.38. The summed E-state index contributed by atoms with van der Waals surface area (Å²) >= 11 is 0. The van der Waals surface area contributed by atoms with Crippen molar-refractivity contribution in [2.24, 2.45) is 0 Å². The van der Waals surface area contributed by atoms with E-state index in [0.29, 0.717) is 0 Å². The summed E-state index contributed by atoms with van der Waals surface area (Å²) in [6, 6.07) is 0. The van der Waals surface area contributed by atoms with Crippen LogP contribution >= 0.6 is 0 Å². The molecule has 6 rings (SSSR count). The Hall–Kier alpha value is -0.850. The van der Waals surface area contributed by atoms with Crippen LogP contribution in [0.25, 0.3) is 0 Å². The highest BCUT2D eigenvalue weighted by molar-refractivity contribution is 7.80. The molecule has 8 N–H and O–H groups in total. The molecule has 0 aromatic rings. The lowest BCUT2D eigenvalue weighted by atomic mass is 9.96. The second-order valence-electron chi connectivity index (χ2n) is 12.3. The van der Waals surface area contributed by atoms with E-state index in [9.17, 15) is 48.7 Å². The maximum atomic E-state index is 11.8. The Labute approximate surface area is 279 Å². The van der Waals surface area contributed by atoms with Crippen molar-refractivity contribution in [3.8, 4) is 0 Å². The van der Waals surface area contributed by atoms with Gasteiger partial charge in [-0.15, -0.1) is 0 Å². The molecule has 0 radical (unpaired) electrons. The van der Waals surface area contributed by atoms with Crippen LogP contribution in [0.5, 0.6) is 0 Å². The number of rotatable bonds is 12. The van der Waals surface area contributed by atoms with Crippen LogP contribution in [-0.2, 0) is 66.7 Å². The summed E-state index contributed by atoms with van der Waals surface area (Å²) in [6.07, 6.45) is -27.4. The molecule has 6 saturated heterocycles. The van der Waals surface area contributed by atoms with Crippen molar-refractivity contribution in [1.82, 2.24) is 0 Å². The summed E-state index contributed by atoms with van der Waals surface area (Å²) in [6.45, 7) is -1.71. The average molecular weight is 739 g/mol. The first-order valence-corrected chi connectivity index (χ1v) is 16.8. The molecular formula is C26H42O22S. The summed E-state index contributed by atoms with van der Waals surface area (Å²) in [4.78, 5) is 0. The number of ether oxygens (including phenoxy) is 11. The molecule has 0 amide bonds. The third-order valence-corrected chi connectivity index (χ3v) is 9.87. The Bertz CT molecular complexity index is 1210. The van der Waals surface area contributed by atoms with Crippen molar-refractivity contribution >= 4 is 10.4 Å². The smallest absolute Gasteiger partial charge is 0.394 e. The van der Waals surface area contributed by atoms with Crippen LogP contribution in [0.15, 0.2) is 0 Å². The van der Waals surface area contributed by atoms with Gasteiger partial charge in [0.05, 0.1) is 26.4 Å². The van der Waals surface area contributed by atoms with Crippen molar-refractivity contribution in [2.45, 2.75) is 123 Å².